The summed E-state index contributed by atoms with van der Waals surface area (Å²) in [5, 5.41) is 3.06. The van der Waals surface area contributed by atoms with Gasteiger partial charge in [0.25, 0.3) is 0 Å². The molecule has 0 heterocycles. The van der Waals surface area contributed by atoms with Crippen LogP contribution in [0.2, 0.25) is 0 Å². The second kappa shape index (κ2) is 11.7. The Morgan fingerprint density at radius 1 is 1.11 bits per heavy atom. The van der Waals surface area contributed by atoms with Crippen LogP contribution in [0.1, 0.15) is 50.2 Å². The average Bonchev–Trinajstić information content (AvgIpc) is 3.30. The highest BCUT2D eigenvalue weighted by Crippen LogP contribution is 2.23. The maximum absolute atomic E-state index is 14.5. The number of nitrogens with one attached hydrogen (secondary N) is 1. The number of anilines is 1. The summed E-state index contributed by atoms with van der Waals surface area (Å²) in [6.07, 6.45) is 5.21. The molecule has 0 aliphatic heterocycles. The van der Waals surface area contributed by atoms with E-state index in [0.717, 1.165) is 53.4 Å². The van der Waals surface area contributed by atoms with E-state index in [2.05, 4.69) is 5.32 Å². The van der Waals surface area contributed by atoms with Crippen molar-refractivity contribution in [2.45, 2.75) is 64.6 Å². The van der Waals surface area contributed by atoms with Crippen molar-refractivity contribution in [3.63, 3.8) is 0 Å². The van der Waals surface area contributed by atoms with Crippen LogP contribution in [0.15, 0.2) is 48.5 Å². The number of halogens is 1. The van der Waals surface area contributed by atoms with Crippen molar-refractivity contribution in [3.8, 4) is 0 Å². The monoisotopic (exact) mass is 503 g/mol. The first-order chi connectivity index (χ1) is 16.6. The maximum Gasteiger partial charge on any atom is 0.244 e. The predicted molar refractivity (Wildman–Crippen MR) is 135 cm³/mol. The number of hydrogen-bond donors (Lipinski definition) is 1. The van der Waals surface area contributed by atoms with Gasteiger partial charge in [0, 0.05) is 12.6 Å². The molecule has 0 aromatic heterocycles. The smallest absolute Gasteiger partial charge is 0.244 e. The molecule has 35 heavy (non-hydrogen) atoms. The molecule has 2 aromatic carbocycles. The number of carbonyl (C=O) groups excluding carboxylic acids is 2. The van der Waals surface area contributed by atoms with E-state index in [-0.39, 0.29) is 24.2 Å². The molecule has 0 radical (unpaired) electrons. The van der Waals surface area contributed by atoms with E-state index in [9.17, 15) is 22.4 Å². The maximum atomic E-state index is 14.5. The molecule has 1 fully saturated rings. The summed E-state index contributed by atoms with van der Waals surface area (Å²) < 4.78 is 40.4. The number of sulfonamides is 1. The van der Waals surface area contributed by atoms with Gasteiger partial charge < -0.3 is 10.2 Å². The fourth-order valence-corrected chi connectivity index (χ4v) is 5.39. The Morgan fingerprint density at radius 2 is 1.80 bits per heavy atom. The summed E-state index contributed by atoms with van der Waals surface area (Å²) in [5.74, 6) is -1.58. The first kappa shape index (κ1) is 26.7. The minimum absolute atomic E-state index is 0.0819. The normalized spacial score (nSPS) is 15.0. The number of benzene rings is 2. The van der Waals surface area contributed by atoms with Crippen molar-refractivity contribution in [3.05, 3.63) is 65.5 Å². The summed E-state index contributed by atoms with van der Waals surface area (Å²) in [7, 11) is -3.97. The summed E-state index contributed by atoms with van der Waals surface area (Å²) in [6.45, 7) is 3.27. The van der Waals surface area contributed by atoms with Crippen LogP contribution in [0.4, 0.5) is 10.1 Å². The zero-order valence-electron chi connectivity index (χ0n) is 20.5. The fourth-order valence-electron chi connectivity index (χ4n) is 4.54. The molecule has 0 saturated heterocycles. The third kappa shape index (κ3) is 7.04. The predicted octanol–water partition coefficient (Wildman–Crippen LogP) is 3.77. The lowest BCUT2D eigenvalue weighted by Crippen LogP contribution is -2.53. The first-order valence-electron chi connectivity index (χ1n) is 12.0. The number of carbonyl (C=O) groups is 2. The number of aryl methyl sites for hydroxylation is 1. The minimum Gasteiger partial charge on any atom is -0.352 e. The third-order valence-electron chi connectivity index (χ3n) is 6.32. The molecule has 1 saturated carbocycles. The van der Waals surface area contributed by atoms with Gasteiger partial charge in [0.15, 0.2) is 0 Å². The van der Waals surface area contributed by atoms with Gasteiger partial charge in [-0.05, 0) is 43.9 Å². The summed E-state index contributed by atoms with van der Waals surface area (Å²) in [5.41, 5.74) is 1.62. The molecule has 7 nitrogen and oxygen atoms in total. The number of amides is 2. The van der Waals surface area contributed by atoms with Gasteiger partial charge in [-0.2, -0.15) is 0 Å². The molecular formula is C26H34FN3O4S. The first-order valence-corrected chi connectivity index (χ1v) is 13.8. The van der Waals surface area contributed by atoms with Gasteiger partial charge in [0.1, 0.15) is 18.4 Å². The van der Waals surface area contributed by atoms with Crippen LogP contribution < -0.4 is 9.62 Å². The molecule has 1 atom stereocenters. The number of nitrogens with zero attached hydrogens (tertiary/aromatic N) is 2. The molecule has 0 spiro atoms. The highest BCUT2D eigenvalue weighted by atomic mass is 32.2. The third-order valence-corrected chi connectivity index (χ3v) is 7.45. The van der Waals surface area contributed by atoms with E-state index in [1.54, 1.807) is 0 Å². The van der Waals surface area contributed by atoms with Crippen molar-refractivity contribution in [1.82, 2.24) is 10.2 Å². The van der Waals surface area contributed by atoms with Crippen molar-refractivity contribution in [1.29, 1.82) is 0 Å². The molecule has 1 aliphatic carbocycles. The van der Waals surface area contributed by atoms with Gasteiger partial charge in [-0.15, -0.1) is 0 Å². The van der Waals surface area contributed by atoms with E-state index in [0.29, 0.717) is 6.42 Å². The Hall–Kier alpha value is -2.94. The second-order valence-corrected chi connectivity index (χ2v) is 11.1. The van der Waals surface area contributed by atoms with Gasteiger partial charge in [-0.1, -0.05) is 61.7 Å². The Bertz CT molecular complexity index is 1150. The van der Waals surface area contributed by atoms with Crippen molar-refractivity contribution >= 4 is 27.5 Å². The van der Waals surface area contributed by atoms with Crippen LogP contribution in [-0.2, 0) is 26.2 Å². The van der Waals surface area contributed by atoms with E-state index >= 15 is 0 Å². The van der Waals surface area contributed by atoms with Gasteiger partial charge in [0.05, 0.1) is 11.9 Å². The fraction of sp³-hybridized carbons (Fsp3) is 0.462. The molecule has 2 aromatic rings. The zero-order chi connectivity index (χ0) is 25.6. The van der Waals surface area contributed by atoms with Gasteiger partial charge >= 0.3 is 0 Å². The molecule has 1 aliphatic rings. The van der Waals surface area contributed by atoms with Crippen LogP contribution in [0.3, 0.4) is 0 Å². The van der Waals surface area contributed by atoms with Crippen LogP contribution in [0.5, 0.6) is 0 Å². The highest BCUT2D eigenvalue weighted by Gasteiger charge is 2.33. The molecule has 3 rings (SSSR count). The molecular weight excluding hydrogens is 469 g/mol. The Morgan fingerprint density at radius 3 is 2.40 bits per heavy atom. The quantitative estimate of drug-likeness (QED) is 0.535. The van der Waals surface area contributed by atoms with Crippen LogP contribution in [0, 0.1) is 12.7 Å². The van der Waals surface area contributed by atoms with Gasteiger partial charge in [-0.3, -0.25) is 13.9 Å². The molecule has 190 valence electrons. The topological polar surface area (TPSA) is 86.8 Å². The number of rotatable bonds is 10. The lowest BCUT2D eigenvalue weighted by Gasteiger charge is -2.33. The van der Waals surface area contributed by atoms with E-state index < -0.39 is 34.3 Å². The molecule has 0 unspecified atom stereocenters. The Balaban J connectivity index is 1.93. The van der Waals surface area contributed by atoms with Crippen molar-refractivity contribution in [2.24, 2.45) is 0 Å². The zero-order valence-corrected chi connectivity index (χ0v) is 21.4. The standard InChI is InChI=1S/C26H34FN3O4S/c1-4-23(26(32)28-21-12-5-6-13-21)29(17-20-11-9-10-19(2)16-20)25(31)18-30(35(3,33)34)24-15-8-7-14-22(24)27/h7-11,14-16,21,23H,4-6,12-13,17-18H2,1-3H3,(H,28,32)/t23-/m0/s1. The van der Waals surface area contributed by atoms with Crippen molar-refractivity contribution in [2.75, 3.05) is 17.1 Å². The van der Waals surface area contributed by atoms with Gasteiger partial charge in [-0.25, -0.2) is 12.8 Å². The summed E-state index contributed by atoms with van der Waals surface area (Å²) in [4.78, 5) is 28.3. The number of para-hydroxylation sites is 1. The largest absolute Gasteiger partial charge is 0.352 e. The average molecular weight is 504 g/mol. The number of hydrogen-bond acceptors (Lipinski definition) is 4. The van der Waals surface area contributed by atoms with E-state index in [1.165, 1.54) is 23.1 Å². The summed E-state index contributed by atoms with van der Waals surface area (Å²) >= 11 is 0. The molecule has 9 heteroatoms. The molecule has 1 N–H and O–H groups in total. The second-order valence-electron chi connectivity index (χ2n) is 9.15. The molecule has 2 amide bonds. The summed E-state index contributed by atoms with van der Waals surface area (Å²) in [6, 6.07) is 12.3. The highest BCUT2D eigenvalue weighted by molar-refractivity contribution is 7.92. The minimum atomic E-state index is -3.97. The van der Waals surface area contributed by atoms with Gasteiger partial charge in [0.2, 0.25) is 21.8 Å². The molecule has 0 bridgehead atoms. The lowest BCUT2D eigenvalue weighted by molar-refractivity contribution is -0.140. The van der Waals surface area contributed by atoms with Crippen molar-refractivity contribution < 1.29 is 22.4 Å². The van der Waals surface area contributed by atoms with Crippen LogP contribution >= 0.6 is 0 Å². The Kier molecular flexibility index (Phi) is 8.88. The van der Waals surface area contributed by atoms with Crippen LogP contribution in [-0.4, -0.2) is 50.0 Å². The Labute approximate surface area is 207 Å². The van der Waals surface area contributed by atoms with Crippen LogP contribution in [0.25, 0.3) is 0 Å². The van der Waals surface area contributed by atoms with E-state index in [4.69, 9.17) is 0 Å². The SMILES string of the molecule is CC[C@@H](C(=O)NC1CCCC1)N(Cc1cccc(C)c1)C(=O)CN(c1ccccc1F)S(C)(=O)=O. The lowest BCUT2D eigenvalue weighted by atomic mass is 10.1. The van der Waals surface area contributed by atoms with E-state index in [1.807, 2.05) is 38.1 Å².